The predicted octanol–water partition coefficient (Wildman–Crippen LogP) is 1.39. The quantitative estimate of drug-likeness (QED) is 0.760. The molecule has 0 aromatic heterocycles. The van der Waals surface area contributed by atoms with Crippen molar-refractivity contribution in [3.63, 3.8) is 0 Å². The Morgan fingerprint density at radius 1 is 1.10 bits per heavy atom. The number of rotatable bonds is 4. The van der Waals surface area contributed by atoms with Crippen LogP contribution in [0.4, 0.5) is 16.2 Å². The van der Waals surface area contributed by atoms with Gasteiger partial charge in [-0.1, -0.05) is 0 Å². The van der Waals surface area contributed by atoms with Gasteiger partial charge in [0.1, 0.15) is 5.60 Å². The fraction of sp³-hybridized carbons (Fsp3) is 0.600. The molecule has 0 radical (unpaired) electrons. The van der Waals surface area contributed by atoms with Crippen LogP contribution in [0.3, 0.4) is 0 Å². The smallest absolute Gasteiger partial charge is 0.410 e. The lowest BCUT2D eigenvalue weighted by Gasteiger charge is -2.36. The van der Waals surface area contributed by atoms with E-state index in [0.29, 0.717) is 32.7 Å². The Hall–Kier alpha value is -2.33. The molecule has 2 aliphatic rings. The zero-order valence-corrected chi connectivity index (χ0v) is 18.5. The van der Waals surface area contributed by atoms with Crippen LogP contribution in [-0.4, -0.2) is 69.4 Å². The van der Waals surface area contributed by atoms with Gasteiger partial charge in [0, 0.05) is 56.4 Å². The average molecular weight is 439 g/mol. The summed E-state index contributed by atoms with van der Waals surface area (Å²) in [7, 11) is -3.60. The summed E-state index contributed by atoms with van der Waals surface area (Å²) in [6.45, 7) is 8.45. The first-order valence-electron chi connectivity index (χ1n) is 10.0. The number of piperazine rings is 1. The molecule has 2 heterocycles. The maximum atomic E-state index is 12.3. The van der Waals surface area contributed by atoms with Crippen molar-refractivity contribution in [3.05, 3.63) is 24.3 Å². The lowest BCUT2D eigenvalue weighted by atomic mass is 10.1. The van der Waals surface area contributed by atoms with E-state index in [-0.39, 0.29) is 30.1 Å². The summed E-state index contributed by atoms with van der Waals surface area (Å²) in [5.74, 6) is -0.564. The second-order valence-corrected chi connectivity index (χ2v) is 10.5. The Kier molecular flexibility index (Phi) is 6.28. The van der Waals surface area contributed by atoms with Crippen molar-refractivity contribution in [2.24, 2.45) is 11.1 Å². The van der Waals surface area contributed by atoms with E-state index in [1.165, 1.54) is 0 Å². The van der Waals surface area contributed by atoms with E-state index >= 15 is 0 Å². The summed E-state index contributed by atoms with van der Waals surface area (Å²) in [5.41, 5.74) is 1.24. The molecule has 2 aliphatic heterocycles. The van der Waals surface area contributed by atoms with Crippen LogP contribution in [0.5, 0.6) is 0 Å². The van der Waals surface area contributed by atoms with Crippen molar-refractivity contribution >= 4 is 33.4 Å². The van der Waals surface area contributed by atoms with E-state index in [2.05, 4.69) is 4.90 Å². The predicted molar refractivity (Wildman–Crippen MR) is 115 cm³/mol. The van der Waals surface area contributed by atoms with E-state index in [9.17, 15) is 18.0 Å². The number of primary sulfonamides is 1. The lowest BCUT2D eigenvalue weighted by Crippen LogP contribution is -2.50. The van der Waals surface area contributed by atoms with E-state index in [1.807, 2.05) is 45.0 Å². The van der Waals surface area contributed by atoms with E-state index < -0.39 is 15.6 Å². The number of nitrogens with zero attached hydrogens (tertiary/aromatic N) is 3. The van der Waals surface area contributed by atoms with E-state index in [0.717, 1.165) is 11.4 Å². The normalized spacial score (nSPS) is 20.6. The summed E-state index contributed by atoms with van der Waals surface area (Å²) in [6, 6.07) is 7.62. The first-order chi connectivity index (χ1) is 13.9. The van der Waals surface area contributed by atoms with Crippen LogP contribution < -0.4 is 14.9 Å². The summed E-state index contributed by atoms with van der Waals surface area (Å²) in [4.78, 5) is 30.0. The lowest BCUT2D eigenvalue weighted by molar-refractivity contribution is -0.117. The second kappa shape index (κ2) is 8.43. The van der Waals surface area contributed by atoms with Crippen LogP contribution in [0.1, 0.15) is 27.2 Å². The van der Waals surface area contributed by atoms with Crippen LogP contribution in [0.25, 0.3) is 0 Å². The number of hydrogen-bond donors (Lipinski definition) is 1. The fourth-order valence-corrected chi connectivity index (χ4v) is 4.67. The minimum atomic E-state index is -3.60. The summed E-state index contributed by atoms with van der Waals surface area (Å²) < 4.78 is 28.0. The Labute approximate surface area is 177 Å². The maximum absolute atomic E-state index is 12.3. The van der Waals surface area contributed by atoms with Gasteiger partial charge in [0.2, 0.25) is 15.9 Å². The van der Waals surface area contributed by atoms with Gasteiger partial charge in [-0.15, -0.1) is 0 Å². The van der Waals surface area contributed by atoms with Crippen LogP contribution in [0, 0.1) is 5.92 Å². The molecule has 30 heavy (non-hydrogen) atoms. The highest BCUT2D eigenvalue weighted by Crippen LogP contribution is 2.28. The molecule has 3 rings (SSSR count). The third-order valence-electron chi connectivity index (χ3n) is 5.13. The van der Waals surface area contributed by atoms with Crippen molar-refractivity contribution in [1.29, 1.82) is 0 Å². The van der Waals surface area contributed by atoms with Gasteiger partial charge < -0.3 is 19.4 Å². The first-order valence-corrected chi connectivity index (χ1v) is 11.8. The molecule has 2 amide bonds. The molecule has 9 nitrogen and oxygen atoms in total. The highest BCUT2D eigenvalue weighted by atomic mass is 32.2. The molecule has 0 bridgehead atoms. The number of sulfonamides is 1. The zero-order chi connectivity index (χ0) is 22.1. The topological polar surface area (TPSA) is 113 Å². The standard InChI is InChI=1S/C20H30N4O5S/c1-20(2,3)29-19(26)23-10-8-22(9-11-23)16-4-6-17(7-5-16)24-13-15(12-18(24)25)14-30(21,27)28/h4-7,15H,8-14H2,1-3H3,(H2,21,27,28). The molecule has 1 atom stereocenters. The van der Waals surface area contributed by atoms with Crippen molar-refractivity contribution in [2.45, 2.75) is 32.8 Å². The number of carbonyl (C=O) groups excluding carboxylic acids is 2. The minimum absolute atomic E-state index is 0.0950. The molecule has 1 aromatic rings. The van der Waals surface area contributed by atoms with Gasteiger partial charge in [0.15, 0.2) is 0 Å². The van der Waals surface area contributed by atoms with Gasteiger partial charge in [-0.3, -0.25) is 4.79 Å². The van der Waals surface area contributed by atoms with Crippen LogP contribution in [0.15, 0.2) is 24.3 Å². The Morgan fingerprint density at radius 3 is 2.20 bits per heavy atom. The average Bonchev–Trinajstić information content (AvgIpc) is 2.99. The molecular formula is C20H30N4O5S. The van der Waals surface area contributed by atoms with Gasteiger partial charge in [0.25, 0.3) is 0 Å². The molecule has 2 saturated heterocycles. The SMILES string of the molecule is CC(C)(C)OC(=O)N1CCN(c2ccc(N3CC(CS(N)(=O)=O)CC3=O)cc2)CC1. The van der Waals surface area contributed by atoms with Crippen LogP contribution in [-0.2, 0) is 19.6 Å². The first kappa shape index (κ1) is 22.4. The van der Waals surface area contributed by atoms with Gasteiger partial charge in [-0.2, -0.15) is 0 Å². The van der Waals surface area contributed by atoms with E-state index in [1.54, 1.807) is 9.80 Å². The maximum Gasteiger partial charge on any atom is 0.410 e. The zero-order valence-electron chi connectivity index (χ0n) is 17.7. The molecule has 166 valence electrons. The molecule has 0 spiro atoms. The highest BCUT2D eigenvalue weighted by molar-refractivity contribution is 7.89. The van der Waals surface area contributed by atoms with Crippen molar-refractivity contribution in [1.82, 2.24) is 4.90 Å². The van der Waals surface area contributed by atoms with Crippen LogP contribution >= 0.6 is 0 Å². The van der Waals surface area contributed by atoms with Crippen molar-refractivity contribution in [3.8, 4) is 0 Å². The van der Waals surface area contributed by atoms with Gasteiger partial charge in [-0.05, 0) is 45.0 Å². The molecule has 2 fully saturated rings. The Bertz CT molecular complexity index is 887. The van der Waals surface area contributed by atoms with Gasteiger partial charge in [-0.25, -0.2) is 18.4 Å². The number of hydrogen-bond acceptors (Lipinski definition) is 6. The molecule has 0 aliphatic carbocycles. The monoisotopic (exact) mass is 438 g/mol. The number of ether oxygens (including phenoxy) is 1. The minimum Gasteiger partial charge on any atom is -0.444 e. The number of amides is 2. The molecule has 2 N–H and O–H groups in total. The summed E-state index contributed by atoms with van der Waals surface area (Å²) in [5, 5.41) is 5.11. The largest absolute Gasteiger partial charge is 0.444 e. The molecular weight excluding hydrogens is 408 g/mol. The third kappa shape index (κ3) is 5.85. The number of benzene rings is 1. The van der Waals surface area contributed by atoms with Crippen molar-refractivity contribution in [2.75, 3.05) is 48.3 Å². The summed E-state index contributed by atoms with van der Waals surface area (Å²) in [6.07, 6.45) is -0.107. The molecule has 10 heteroatoms. The fourth-order valence-electron chi connectivity index (χ4n) is 3.79. The summed E-state index contributed by atoms with van der Waals surface area (Å²) >= 11 is 0. The molecule has 0 saturated carbocycles. The van der Waals surface area contributed by atoms with Crippen molar-refractivity contribution < 1.29 is 22.7 Å². The third-order valence-corrected chi connectivity index (χ3v) is 6.07. The molecule has 1 aromatic carbocycles. The van der Waals surface area contributed by atoms with Gasteiger partial charge in [0.05, 0.1) is 5.75 Å². The Balaban J connectivity index is 1.57. The molecule has 1 unspecified atom stereocenters. The number of carbonyl (C=O) groups is 2. The van der Waals surface area contributed by atoms with Gasteiger partial charge >= 0.3 is 6.09 Å². The number of anilines is 2. The Morgan fingerprint density at radius 2 is 1.67 bits per heavy atom. The number of nitrogens with two attached hydrogens (primary N) is 1. The van der Waals surface area contributed by atoms with Crippen LogP contribution in [0.2, 0.25) is 0 Å². The highest BCUT2D eigenvalue weighted by Gasteiger charge is 2.33. The second-order valence-electron chi connectivity index (χ2n) is 8.87. The van der Waals surface area contributed by atoms with E-state index in [4.69, 9.17) is 9.88 Å².